The number of likely N-dealkylation sites (tertiary alicyclic amines) is 1. The lowest BCUT2D eigenvalue weighted by Gasteiger charge is -2.42. The molecule has 8 heteroatoms. The number of rotatable bonds is 8. The monoisotopic (exact) mass is 527 g/mol. The number of fused-ring (bicyclic) bond motifs is 1. The number of aliphatic hydroxyl groups excluding tert-OH is 1. The Morgan fingerprint density at radius 1 is 1.16 bits per heavy atom. The van der Waals surface area contributed by atoms with E-state index in [-0.39, 0.29) is 47.5 Å². The fourth-order valence-electron chi connectivity index (χ4n) is 7.50. The molecule has 1 aromatic carbocycles. The molecule has 4 fully saturated rings. The number of nitrogens with zero attached hydrogens (tertiary/aromatic N) is 1. The summed E-state index contributed by atoms with van der Waals surface area (Å²) in [5.41, 5.74) is 0.712. The molecular weight excluding hydrogens is 486 g/mol. The zero-order chi connectivity index (χ0) is 26.3. The van der Waals surface area contributed by atoms with E-state index in [4.69, 9.17) is 0 Å². The lowest BCUT2D eigenvalue weighted by Crippen LogP contribution is -2.60. The van der Waals surface area contributed by atoms with Crippen LogP contribution in [0.4, 0.5) is 5.69 Å². The molecule has 3 N–H and O–H groups in total. The molecule has 2 bridgehead atoms. The number of aliphatic hydroxyl groups is 1. The third-order valence-corrected chi connectivity index (χ3v) is 11.6. The third kappa shape index (κ3) is 4.38. The Balaban J connectivity index is 1.52. The van der Waals surface area contributed by atoms with Gasteiger partial charge in [-0.25, -0.2) is 0 Å². The fraction of sp³-hybridized carbons (Fsp3) is 0.690. The highest BCUT2D eigenvalue weighted by Crippen LogP contribution is 2.69. The van der Waals surface area contributed by atoms with Crippen molar-refractivity contribution in [2.75, 3.05) is 11.9 Å². The highest BCUT2D eigenvalue weighted by Gasteiger charge is 2.76. The van der Waals surface area contributed by atoms with Gasteiger partial charge in [0.05, 0.1) is 29.2 Å². The number of para-hydroxylation sites is 1. The van der Waals surface area contributed by atoms with Crippen molar-refractivity contribution in [2.45, 2.75) is 93.8 Å². The van der Waals surface area contributed by atoms with Crippen LogP contribution in [0.15, 0.2) is 30.3 Å². The summed E-state index contributed by atoms with van der Waals surface area (Å²) in [6, 6.07) is 8.34. The highest BCUT2D eigenvalue weighted by atomic mass is 32.2. The zero-order valence-electron chi connectivity index (χ0n) is 22.2. The fourth-order valence-corrected chi connectivity index (χ4v) is 9.91. The minimum Gasteiger partial charge on any atom is -0.394 e. The lowest BCUT2D eigenvalue weighted by atomic mass is 9.65. The molecule has 1 aromatic rings. The smallest absolute Gasteiger partial charge is 0.244 e. The number of carbonyl (C=O) groups excluding carboxylic acids is 3. The molecule has 3 unspecified atom stereocenters. The zero-order valence-corrected chi connectivity index (χ0v) is 23.0. The third-order valence-electron chi connectivity index (χ3n) is 9.57. The second-order valence-electron chi connectivity index (χ2n) is 11.6. The maximum Gasteiger partial charge on any atom is 0.244 e. The first-order valence-corrected chi connectivity index (χ1v) is 15.0. The van der Waals surface area contributed by atoms with E-state index in [1.54, 1.807) is 16.7 Å². The van der Waals surface area contributed by atoms with Crippen molar-refractivity contribution in [2.24, 2.45) is 23.7 Å². The molecule has 3 amide bonds. The number of amides is 3. The van der Waals surface area contributed by atoms with Gasteiger partial charge in [-0.3, -0.25) is 14.4 Å². The Morgan fingerprint density at radius 2 is 1.86 bits per heavy atom. The quantitative estimate of drug-likeness (QED) is 0.478. The molecule has 1 spiro atoms. The summed E-state index contributed by atoms with van der Waals surface area (Å²) >= 11 is 1.69. The number of nitrogens with one attached hydrogen (secondary N) is 2. The minimum atomic E-state index is -0.683. The number of hydrogen-bond acceptors (Lipinski definition) is 5. The first-order chi connectivity index (χ1) is 17.8. The van der Waals surface area contributed by atoms with Crippen LogP contribution in [0.5, 0.6) is 0 Å². The van der Waals surface area contributed by atoms with Gasteiger partial charge < -0.3 is 20.6 Å². The molecule has 3 aliphatic heterocycles. The van der Waals surface area contributed by atoms with E-state index in [0.29, 0.717) is 5.69 Å². The van der Waals surface area contributed by atoms with Crippen molar-refractivity contribution in [1.82, 2.24) is 10.2 Å². The van der Waals surface area contributed by atoms with Crippen LogP contribution in [0.1, 0.15) is 65.7 Å². The highest BCUT2D eigenvalue weighted by molar-refractivity contribution is 8.02. The molecular formula is C29H41N3O4S. The molecule has 3 saturated heterocycles. The number of anilines is 1. The van der Waals surface area contributed by atoms with Gasteiger partial charge in [-0.2, -0.15) is 0 Å². The van der Waals surface area contributed by atoms with Crippen LogP contribution < -0.4 is 10.6 Å². The maximum atomic E-state index is 14.4. The summed E-state index contributed by atoms with van der Waals surface area (Å²) in [7, 11) is 0. The number of hydrogen-bond donors (Lipinski definition) is 3. The van der Waals surface area contributed by atoms with Gasteiger partial charge in [0, 0.05) is 17.0 Å². The molecule has 1 saturated carbocycles. The van der Waals surface area contributed by atoms with Crippen LogP contribution in [0.3, 0.4) is 0 Å². The van der Waals surface area contributed by atoms with Crippen LogP contribution in [0, 0.1) is 23.7 Å². The van der Waals surface area contributed by atoms with Gasteiger partial charge in [0.15, 0.2) is 0 Å². The number of benzene rings is 1. The molecule has 0 aromatic heterocycles. The summed E-state index contributed by atoms with van der Waals surface area (Å²) in [6.07, 6.45) is 6.92. The SMILES string of the molecule is CC[C@H](C)[C@H](CO)N1C(=O)[C@@H]2[C@H](C(=O)Nc3ccccc3)[C@@H]3CC(C)C2(S3)C1C(=O)NC1CCCCC1. The minimum absolute atomic E-state index is 0.00373. The van der Waals surface area contributed by atoms with Crippen molar-refractivity contribution in [3.63, 3.8) is 0 Å². The molecule has 1 aliphatic carbocycles. The molecule has 7 nitrogen and oxygen atoms in total. The molecule has 8 atom stereocenters. The van der Waals surface area contributed by atoms with E-state index in [1.807, 2.05) is 44.2 Å². The van der Waals surface area contributed by atoms with E-state index < -0.39 is 28.7 Å². The lowest BCUT2D eigenvalue weighted by molar-refractivity contribution is -0.143. The molecule has 4 aliphatic rings. The van der Waals surface area contributed by atoms with Gasteiger partial charge >= 0.3 is 0 Å². The second-order valence-corrected chi connectivity index (χ2v) is 13.2. The van der Waals surface area contributed by atoms with Gasteiger partial charge in [-0.1, -0.05) is 64.7 Å². The Hall–Kier alpha value is -2.06. The molecule has 0 radical (unpaired) electrons. The van der Waals surface area contributed by atoms with Gasteiger partial charge in [-0.05, 0) is 43.2 Å². The van der Waals surface area contributed by atoms with Crippen LogP contribution in [0.25, 0.3) is 0 Å². The van der Waals surface area contributed by atoms with Crippen molar-refractivity contribution >= 4 is 35.2 Å². The summed E-state index contributed by atoms with van der Waals surface area (Å²) in [5, 5.41) is 16.8. The van der Waals surface area contributed by atoms with E-state index in [1.165, 1.54) is 6.42 Å². The predicted octanol–water partition coefficient (Wildman–Crippen LogP) is 3.82. The molecule has 202 valence electrons. The van der Waals surface area contributed by atoms with Crippen LogP contribution in [-0.4, -0.2) is 62.5 Å². The molecule has 37 heavy (non-hydrogen) atoms. The summed E-state index contributed by atoms with van der Waals surface area (Å²) in [4.78, 5) is 43.9. The van der Waals surface area contributed by atoms with E-state index >= 15 is 0 Å². The van der Waals surface area contributed by atoms with Crippen LogP contribution >= 0.6 is 11.8 Å². The summed E-state index contributed by atoms with van der Waals surface area (Å²) < 4.78 is -0.667. The first-order valence-electron chi connectivity index (χ1n) is 14.1. The van der Waals surface area contributed by atoms with E-state index in [0.717, 1.165) is 38.5 Å². The average Bonchev–Trinajstić information content (AvgIpc) is 3.49. The second kappa shape index (κ2) is 10.6. The van der Waals surface area contributed by atoms with Crippen molar-refractivity contribution in [3.05, 3.63) is 30.3 Å². The Morgan fingerprint density at radius 3 is 2.51 bits per heavy atom. The van der Waals surface area contributed by atoms with E-state index in [2.05, 4.69) is 17.6 Å². The first kappa shape index (κ1) is 26.5. The molecule has 3 heterocycles. The Kier molecular flexibility index (Phi) is 7.60. The van der Waals surface area contributed by atoms with Crippen molar-refractivity contribution in [3.8, 4) is 0 Å². The van der Waals surface area contributed by atoms with Crippen molar-refractivity contribution < 1.29 is 19.5 Å². The number of thioether (sulfide) groups is 1. The summed E-state index contributed by atoms with van der Waals surface area (Å²) in [5.74, 6) is -1.32. The van der Waals surface area contributed by atoms with Gasteiger partial charge in [0.1, 0.15) is 6.04 Å². The topological polar surface area (TPSA) is 98.7 Å². The van der Waals surface area contributed by atoms with E-state index in [9.17, 15) is 19.5 Å². The predicted molar refractivity (Wildman–Crippen MR) is 146 cm³/mol. The standard InChI is InChI=1S/C29H41N3O4S/c1-4-17(2)21(16-33)32-25(27(35)31-20-13-9-6-10-14-20)29-18(3)15-22(37-29)23(24(29)28(32)36)26(34)30-19-11-7-5-8-12-19/h5,7-8,11-12,17-18,20-25,33H,4,6,9-10,13-16H2,1-3H3,(H,30,34)(H,31,35)/t17-,18?,21-,22-,23+,24-,25?,29?/m0/s1. The number of carbonyl (C=O) groups is 3. The van der Waals surface area contributed by atoms with Gasteiger partial charge in [-0.15, -0.1) is 11.8 Å². The largest absolute Gasteiger partial charge is 0.394 e. The summed E-state index contributed by atoms with van der Waals surface area (Å²) in [6.45, 7) is 6.02. The van der Waals surface area contributed by atoms with Crippen molar-refractivity contribution in [1.29, 1.82) is 0 Å². The van der Waals surface area contributed by atoms with Gasteiger partial charge in [0.25, 0.3) is 0 Å². The van der Waals surface area contributed by atoms with Crippen LogP contribution in [-0.2, 0) is 14.4 Å². The Labute approximate surface area is 224 Å². The normalized spacial score (nSPS) is 34.8. The maximum absolute atomic E-state index is 14.4. The van der Waals surface area contributed by atoms with Crippen LogP contribution in [0.2, 0.25) is 0 Å². The average molecular weight is 528 g/mol. The molecule has 5 rings (SSSR count). The Bertz CT molecular complexity index is 1020. The van der Waals surface area contributed by atoms with Gasteiger partial charge in [0.2, 0.25) is 17.7 Å².